The highest BCUT2D eigenvalue weighted by atomic mass is 35.5. The summed E-state index contributed by atoms with van der Waals surface area (Å²) in [5.74, 6) is 0.914. The van der Waals surface area contributed by atoms with Crippen LogP contribution in [-0.4, -0.2) is 31.1 Å². The van der Waals surface area contributed by atoms with E-state index in [1.165, 1.54) is 13.2 Å². The van der Waals surface area contributed by atoms with E-state index in [2.05, 4.69) is 12.3 Å². The number of nitrogen functional groups attached to an aromatic ring is 1. The molecule has 0 bridgehead atoms. The van der Waals surface area contributed by atoms with Crippen LogP contribution in [0.25, 0.3) is 0 Å². The van der Waals surface area contributed by atoms with E-state index >= 15 is 0 Å². The Morgan fingerprint density at radius 1 is 1.43 bits per heavy atom. The number of carbonyl (C=O) groups excluding carboxylic acids is 1. The average molecular weight is 334 g/mol. The maximum absolute atomic E-state index is 12.3. The number of carbonyl (C=O) groups is 1. The molecular formula is C14H21Cl2N3O2. The minimum absolute atomic E-state index is 0. The lowest BCUT2D eigenvalue weighted by molar-refractivity contribution is 0.0709. The molecule has 1 saturated heterocycles. The van der Waals surface area contributed by atoms with Crippen molar-refractivity contribution in [2.24, 2.45) is 5.92 Å². The van der Waals surface area contributed by atoms with Gasteiger partial charge in [-0.2, -0.15) is 0 Å². The predicted octanol–water partition coefficient (Wildman–Crippen LogP) is 2.73. The van der Waals surface area contributed by atoms with Crippen molar-refractivity contribution in [1.82, 2.24) is 10.4 Å². The lowest BCUT2D eigenvalue weighted by atomic mass is 10.0. The zero-order valence-corrected chi connectivity index (χ0v) is 13.8. The van der Waals surface area contributed by atoms with Gasteiger partial charge in [-0.3, -0.25) is 10.2 Å². The maximum atomic E-state index is 12.3. The van der Waals surface area contributed by atoms with Crippen molar-refractivity contribution in [3.8, 4) is 5.75 Å². The molecule has 5 nitrogen and oxygen atoms in total. The first-order valence-electron chi connectivity index (χ1n) is 6.70. The number of ether oxygens (including phenoxy) is 1. The molecule has 118 valence electrons. The molecule has 0 saturated carbocycles. The van der Waals surface area contributed by atoms with Gasteiger partial charge in [-0.15, -0.1) is 12.4 Å². The summed E-state index contributed by atoms with van der Waals surface area (Å²) in [4.78, 5) is 12.3. The fourth-order valence-electron chi connectivity index (χ4n) is 2.24. The second-order valence-electron chi connectivity index (χ2n) is 5.18. The molecule has 1 fully saturated rings. The fraction of sp³-hybridized carbons (Fsp3) is 0.500. The molecule has 0 unspecified atom stereocenters. The predicted molar refractivity (Wildman–Crippen MR) is 87.1 cm³/mol. The number of hydrazine groups is 1. The van der Waals surface area contributed by atoms with Gasteiger partial charge < -0.3 is 10.5 Å². The van der Waals surface area contributed by atoms with Gasteiger partial charge in [-0.25, -0.2) is 5.01 Å². The number of nitrogens with two attached hydrogens (primary N) is 1. The van der Waals surface area contributed by atoms with Crippen LogP contribution in [0, 0.1) is 5.92 Å². The van der Waals surface area contributed by atoms with E-state index in [0.717, 1.165) is 25.9 Å². The number of benzene rings is 1. The van der Waals surface area contributed by atoms with Gasteiger partial charge >= 0.3 is 0 Å². The Hall–Kier alpha value is -1.17. The minimum Gasteiger partial charge on any atom is -0.496 e. The highest BCUT2D eigenvalue weighted by molar-refractivity contribution is 6.33. The largest absolute Gasteiger partial charge is 0.496 e. The Kier molecular flexibility index (Phi) is 6.58. The van der Waals surface area contributed by atoms with Gasteiger partial charge in [0.05, 0.1) is 23.4 Å². The first-order chi connectivity index (χ1) is 9.51. The SMILES string of the molecule is COc1cc(N)c(Cl)cc1C(=O)NN1CCC(C)CC1.Cl. The molecule has 1 aromatic carbocycles. The molecule has 3 N–H and O–H groups in total. The normalized spacial score (nSPS) is 16.1. The van der Waals surface area contributed by atoms with Crippen molar-refractivity contribution in [3.05, 3.63) is 22.7 Å². The van der Waals surface area contributed by atoms with Crippen molar-refractivity contribution >= 4 is 35.6 Å². The van der Waals surface area contributed by atoms with Crippen molar-refractivity contribution in [3.63, 3.8) is 0 Å². The summed E-state index contributed by atoms with van der Waals surface area (Å²) in [6.07, 6.45) is 2.17. The van der Waals surface area contributed by atoms with Crippen LogP contribution in [-0.2, 0) is 0 Å². The van der Waals surface area contributed by atoms with E-state index in [9.17, 15) is 4.79 Å². The van der Waals surface area contributed by atoms with Crippen LogP contribution in [0.15, 0.2) is 12.1 Å². The number of halogens is 2. The van der Waals surface area contributed by atoms with Crippen LogP contribution >= 0.6 is 24.0 Å². The summed E-state index contributed by atoms with van der Waals surface area (Å²) in [7, 11) is 1.50. The fourth-order valence-corrected chi connectivity index (χ4v) is 2.40. The number of nitrogens with zero attached hydrogens (tertiary/aromatic N) is 1. The van der Waals surface area contributed by atoms with Crippen LogP contribution in [0.2, 0.25) is 5.02 Å². The third kappa shape index (κ3) is 4.40. The summed E-state index contributed by atoms with van der Waals surface area (Å²) in [5.41, 5.74) is 9.39. The van der Waals surface area contributed by atoms with Gasteiger partial charge in [0.2, 0.25) is 0 Å². The Morgan fingerprint density at radius 2 is 2.05 bits per heavy atom. The molecule has 0 atom stereocenters. The number of hydrogen-bond donors (Lipinski definition) is 2. The number of nitrogens with one attached hydrogen (secondary N) is 1. The molecular weight excluding hydrogens is 313 g/mol. The summed E-state index contributed by atoms with van der Waals surface area (Å²) in [6.45, 7) is 3.94. The van der Waals surface area contributed by atoms with Crippen LogP contribution in [0.5, 0.6) is 5.75 Å². The molecule has 0 aromatic heterocycles. The van der Waals surface area contributed by atoms with Crippen LogP contribution < -0.4 is 15.9 Å². The van der Waals surface area contributed by atoms with E-state index in [0.29, 0.717) is 27.9 Å². The van der Waals surface area contributed by atoms with Crippen molar-refractivity contribution in [2.45, 2.75) is 19.8 Å². The first-order valence-corrected chi connectivity index (χ1v) is 7.08. The first kappa shape index (κ1) is 17.9. The molecule has 0 spiro atoms. The molecule has 1 heterocycles. The molecule has 1 aliphatic heterocycles. The summed E-state index contributed by atoms with van der Waals surface area (Å²) < 4.78 is 5.19. The van der Waals surface area contributed by atoms with E-state index in [1.807, 2.05) is 5.01 Å². The summed E-state index contributed by atoms with van der Waals surface area (Å²) in [6, 6.07) is 3.10. The number of methoxy groups -OCH3 is 1. The van der Waals surface area contributed by atoms with E-state index in [4.69, 9.17) is 22.1 Å². The Labute approximate surface area is 136 Å². The van der Waals surface area contributed by atoms with Crippen LogP contribution in [0.1, 0.15) is 30.1 Å². The third-order valence-electron chi connectivity index (χ3n) is 3.61. The standard InChI is InChI=1S/C14H20ClN3O2.ClH/c1-9-3-5-18(6-4-9)17-14(19)10-7-11(15)12(16)8-13(10)20-2;/h7-9H,3-6,16H2,1-2H3,(H,17,19);1H. The highest BCUT2D eigenvalue weighted by Crippen LogP contribution is 2.29. The van der Waals surface area contributed by atoms with Crippen molar-refractivity contribution in [1.29, 1.82) is 0 Å². The monoisotopic (exact) mass is 333 g/mol. The van der Waals surface area contributed by atoms with Gasteiger partial charge in [0.1, 0.15) is 5.75 Å². The van der Waals surface area contributed by atoms with Gasteiger partial charge in [0.25, 0.3) is 5.91 Å². The van der Waals surface area contributed by atoms with Crippen LogP contribution in [0.3, 0.4) is 0 Å². The van der Waals surface area contributed by atoms with Crippen molar-refractivity contribution < 1.29 is 9.53 Å². The number of rotatable bonds is 3. The zero-order valence-electron chi connectivity index (χ0n) is 12.2. The summed E-state index contributed by atoms with van der Waals surface area (Å²) in [5, 5.41) is 2.29. The lowest BCUT2D eigenvalue weighted by Crippen LogP contribution is -2.46. The Balaban J connectivity index is 0.00000220. The summed E-state index contributed by atoms with van der Waals surface area (Å²) >= 11 is 5.97. The van der Waals surface area contributed by atoms with Gasteiger partial charge in [-0.1, -0.05) is 18.5 Å². The lowest BCUT2D eigenvalue weighted by Gasteiger charge is -2.30. The number of hydrogen-bond acceptors (Lipinski definition) is 4. The van der Waals surface area contributed by atoms with Gasteiger partial charge in [0, 0.05) is 19.2 Å². The Bertz CT molecular complexity index is 503. The molecule has 2 rings (SSSR count). The van der Waals surface area contributed by atoms with E-state index in [-0.39, 0.29) is 18.3 Å². The topological polar surface area (TPSA) is 67.6 Å². The highest BCUT2D eigenvalue weighted by Gasteiger charge is 2.20. The second kappa shape index (κ2) is 7.73. The number of amides is 1. The minimum atomic E-state index is -0.224. The molecule has 7 heteroatoms. The molecule has 21 heavy (non-hydrogen) atoms. The average Bonchev–Trinajstić information content (AvgIpc) is 2.43. The molecule has 1 aliphatic rings. The zero-order chi connectivity index (χ0) is 14.7. The van der Waals surface area contributed by atoms with Gasteiger partial charge in [-0.05, 0) is 24.8 Å². The Morgan fingerprint density at radius 3 is 2.62 bits per heavy atom. The maximum Gasteiger partial charge on any atom is 0.269 e. The van der Waals surface area contributed by atoms with E-state index < -0.39 is 0 Å². The smallest absolute Gasteiger partial charge is 0.269 e. The second-order valence-corrected chi connectivity index (χ2v) is 5.59. The third-order valence-corrected chi connectivity index (χ3v) is 3.93. The quantitative estimate of drug-likeness (QED) is 0.834. The molecule has 1 amide bonds. The number of anilines is 1. The molecule has 1 aromatic rings. The van der Waals surface area contributed by atoms with E-state index in [1.54, 1.807) is 6.07 Å². The van der Waals surface area contributed by atoms with Crippen LogP contribution in [0.4, 0.5) is 5.69 Å². The molecule has 0 aliphatic carbocycles. The van der Waals surface area contributed by atoms with Crippen molar-refractivity contribution in [2.75, 3.05) is 25.9 Å². The molecule has 0 radical (unpaired) electrons. The van der Waals surface area contributed by atoms with Gasteiger partial charge in [0.15, 0.2) is 0 Å². The number of piperidine rings is 1.